The summed E-state index contributed by atoms with van der Waals surface area (Å²) in [5.41, 5.74) is 2.38. The van der Waals surface area contributed by atoms with Crippen LogP contribution in [0.25, 0.3) is 0 Å². The minimum absolute atomic E-state index is 0.338. The SMILES string of the molecule is CC1Cc2ccc(O)cc2N1. The average molecular weight is 149 g/mol. The highest BCUT2D eigenvalue weighted by atomic mass is 16.3. The molecule has 0 saturated carbocycles. The Bertz CT molecular complexity index is 283. The first-order chi connectivity index (χ1) is 5.25. The molecular formula is C9H11NO. The van der Waals surface area contributed by atoms with Crippen LogP contribution in [0.5, 0.6) is 5.75 Å². The smallest absolute Gasteiger partial charge is 0.117 e. The summed E-state index contributed by atoms with van der Waals surface area (Å²) in [5.74, 6) is 0.338. The van der Waals surface area contributed by atoms with Crippen LogP contribution in [0, 0.1) is 0 Å². The first-order valence-electron chi connectivity index (χ1n) is 3.84. The second-order valence-corrected chi connectivity index (χ2v) is 3.09. The molecule has 2 rings (SSSR count). The van der Waals surface area contributed by atoms with Gasteiger partial charge in [0.05, 0.1) is 0 Å². The molecule has 0 spiro atoms. The van der Waals surface area contributed by atoms with Crippen molar-refractivity contribution in [3.05, 3.63) is 23.8 Å². The van der Waals surface area contributed by atoms with Crippen molar-refractivity contribution in [1.29, 1.82) is 0 Å². The van der Waals surface area contributed by atoms with Gasteiger partial charge in [0.15, 0.2) is 0 Å². The van der Waals surface area contributed by atoms with Gasteiger partial charge < -0.3 is 10.4 Å². The predicted molar refractivity (Wildman–Crippen MR) is 44.9 cm³/mol. The third kappa shape index (κ3) is 1.04. The Labute approximate surface area is 65.9 Å². The van der Waals surface area contributed by atoms with Crippen LogP contribution in [0.2, 0.25) is 0 Å². The second kappa shape index (κ2) is 2.16. The lowest BCUT2D eigenvalue weighted by Gasteiger charge is -2.01. The summed E-state index contributed by atoms with van der Waals surface area (Å²) in [6.45, 7) is 2.14. The van der Waals surface area contributed by atoms with E-state index in [1.807, 2.05) is 6.07 Å². The number of aromatic hydroxyl groups is 1. The number of benzene rings is 1. The van der Waals surface area contributed by atoms with E-state index in [1.54, 1.807) is 12.1 Å². The van der Waals surface area contributed by atoms with Crippen LogP contribution < -0.4 is 5.32 Å². The van der Waals surface area contributed by atoms with Crippen LogP contribution in [0.4, 0.5) is 5.69 Å². The lowest BCUT2D eigenvalue weighted by Crippen LogP contribution is -2.08. The molecule has 1 unspecified atom stereocenters. The van der Waals surface area contributed by atoms with E-state index in [1.165, 1.54) is 5.56 Å². The summed E-state index contributed by atoms with van der Waals surface area (Å²) in [5, 5.41) is 12.4. The number of hydrogen-bond donors (Lipinski definition) is 2. The average Bonchev–Trinajstić information content (AvgIpc) is 2.27. The van der Waals surface area contributed by atoms with E-state index in [4.69, 9.17) is 5.11 Å². The van der Waals surface area contributed by atoms with Crippen molar-refractivity contribution < 1.29 is 5.11 Å². The second-order valence-electron chi connectivity index (χ2n) is 3.09. The number of phenolic OH excluding ortho intramolecular Hbond substituents is 1. The zero-order chi connectivity index (χ0) is 7.84. The van der Waals surface area contributed by atoms with Crippen molar-refractivity contribution in [2.45, 2.75) is 19.4 Å². The summed E-state index contributed by atoms with van der Waals surface area (Å²) in [4.78, 5) is 0. The standard InChI is InChI=1S/C9H11NO/c1-6-4-7-2-3-8(11)5-9(7)10-6/h2-3,5-6,10-11H,4H2,1H3. The quantitative estimate of drug-likeness (QED) is 0.589. The van der Waals surface area contributed by atoms with Gasteiger partial charge in [0.2, 0.25) is 0 Å². The van der Waals surface area contributed by atoms with Crippen LogP contribution in [0.1, 0.15) is 12.5 Å². The molecule has 1 heterocycles. The van der Waals surface area contributed by atoms with Gasteiger partial charge >= 0.3 is 0 Å². The maximum atomic E-state index is 9.14. The van der Waals surface area contributed by atoms with Gasteiger partial charge in [-0.3, -0.25) is 0 Å². The van der Waals surface area contributed by atoms with Gasteiger partial charge in [-0.2, -0.15) is 0 Å². The van der Waals surface area contributed by atoms with Crippen molar-refractivity contribution in [3.63, 3.8) is 0 Å². The van der Waals surface area contributed by atoms with E-state index in [0.29, 0.717) is 11.8 Å². The first-order valence-corrected chi connectivity index (χ1v) is 3.84. The van der Waals surface area contributed by atoms with Gasteiger partial charge in [0.1, 0.15) is 5.75 Å². The van der Waals surface area contributed by atoms with Crippen molar-refractivity contribution in [2.24, 2.45) is 0 Å². The number of nitrogens with one attached hydrogen (secondary N) is 1. The molecule has 1 aliphatic rings. The summed E-state index contributed by atoms with van der Waals surface area (Å²) in [7, 11) is 0. The minimum atomic E-state index is 0.338. The maximum absolute atomic E-state index is 9.14. The molecule has 0 saturated heterocycles. The monoisotopic (exact) mass is 149 g/mol. The largest absolute Gasteiger partial charge is 0.508 e. The number of phenols is 1. The molecule has 0 radical (unpaired) electrons. The number of rotatable bonds is 0. The van der Waals surface area contributed by atoms with E-state index >= 15 is 0 Å². The summed E-state index contributed by atoms with van der Waals surface area (Å²) in [6.07, 6.45) is 1.07. The summed E-state index contributed by atoms with van der Waals surface area (Å²) >= 11 is 0. The van der Waals surface area contributed by atoms with Crippen molar-refractivity contribution in [1.82, 2.24) is 0 Å². The fourth-order valence-corrected chi connectivity index (χ4v) is 1.52. The minimum Gasteiger partial charge on any atom is -0.508 e. The zero-order valence-corrected chi connectivity index (χ0v) is 6.46. The molecule has 2 heteroatoms. The Morgan fingerprint density at radius 1 is 1.55 bits per heavy atom. The molecule has 11 heavy (non-hydrogen) atoms. The van der Waals surface area contributed by atoms with Crippen LogP contribution in [-0.2, 0) is 6.42 Å². The van der Waals surface area contributed by atoms with Gasteiger partial charge in [-0.15, -0.1) is 0 Å². The Morgan fingerprint density at radius 3 is 3.18 bits per heavy atom. The molecule has 0 aliphatic carbocycles. The van der Waals surface area contributed by atoms with Crippen molar-refractivity contribution in [2.75, 3.05) is 5.32 Å². The lowest BCUT2D eigenvalue weighted by atomic mass is 10.1. The van der Waals surface area contributed by atoms with Crippen LogP contribution >= 0.6 is 0 Å². The van der Waals surface area contributed by atoms with Gasteiger partial charge in [0, 0.05) is 17.8 Å². The molecule has 0 fully saturated rings. The molecule has 0 amide bonds. The van der Waals surface area contributed by atoms with Crippen LogP contribution in [0.3, 0.4) is 0 Å². The molecule has 2 nitrogen and oxygen atoms in total. The summed E-state index contributed by atoms with van der Waals surface area (Å²) in [6, 6.07) is 5.99. The maximum Gasteiger partial charge on any atom is 0.117 e. The molecule has 1 aliphatic heterocycles. The van der Waals surface area contributed by atoms with Gasteiger partial charge in [-0.1, -0.05) is 6.07 Å². The third-order valence-corrected chi connectivity index (χ3v) is 2.02. The third-order valence-electron chi connectivity index (χ3n) is 2.02. The molecule has 0 aromatic heterocycles. The highest BCUT2D eigenvalue weighted by molar-refractivity contribution is 5.59. The normalized spacial score (nSPS) is 21.0. The zero-order valence-electron chi connectivity index (χ0n) is 6.46. The topological polar surface area (TPSA) is 32.3 Å². The lowest BCUT2D eigenvalue weighted by molar-refractivity contribution is 0.475. The molecule has 1 atom stereocenters. The highest BCUT2D eigenvalue weighted by Gasteiger charge is 2.15. The van der Waals surface area contributed by atoms with Crippen LogP contribution in [-0.4, -0.2) is 11.1 Å². The highest BCUT2D eigenvalue weighted by Crippen LogP contribution is 2.28. The Morgan fingerprint density at radius 2 is 2.36 bits per heavy atom. The Balaban J connectivity index is 2.43. The fraction of sp³-hybridized carbons (Fsp3) is 0.333. The summed E-state index contributed by atoms with van der Waals surface area (Å²) < 4.78 is 0. The first kappa shape index (κ1) is 6.53. The molecular weight excluding hydrogens is 138 g/mol. The number of hydrogen-bond acceptors (Lipinski definition) is 2. The Kier molecular flexibility index (Phi) is 1.28. The van der Waals surface area contributed by atoms with Crippen molar-refractivity contribution >= 4 is 5.69 Å². The van der Waals surface area contributed by atoms with Gasteiger partial charge in [-0.05, 0) is 25.0 Å². The van der Waals surface area contributed by atoms with E-state index in [2.05, 4.69) is 12.2 Å². The molecule has 2 N–H and O–H groups in total. The van der Waals surface area contributed by atoms with Crippen molar-refractivity contribution in [3.8, 4) is 5.75 Å². The molecule has 1 aromatic carbocycles. The number of anilines is 1. The van der Waals surface area contributed by atoms with E-state index < -0.39 is 0 Å². The number of fused-ring (bicyclic) bond motifs is 1. The molecule has 0 bridgehead atoms. The Hall–Kier alpha value is -1.18. The van der Waals surface area contributed by atoms with Gasteiger partial charge in [0.25, 0.3) is 0 Å². The van der Waals surface area contributed by atoms with E-state index in [9.17, 15) is 0 Å². The van der Waals surface area contributed by atoms with E-state index in [0.717, 1.165) is 12.1 Å². The fourth-order valence-electron chi connectivity index (χ4n) is 1.52. The van der Waals surface area contributed by atoms with Crippen LogP contribution in [0.15, 0.2) is 18.2 Å². The molecule has 1 aromatic rings. The van der Waals surface area contributed by atoms with E-state index in [-0.39, 0.29) is 0 Å². The van der Waals surface area contributed by atoms with Gasteiger partial charge in [-0.25, -0.2) is 0 Å². The molecule has 58 valence electrons. The predicted octanol–water partition coefficient (Wildman–Crippen LogP) is 1.75.